The van der Waals surface area contributed by atoms with Crippen molar-refractivity contribution in [3.63, 3.8) is 0 Å². The average Bonchev–Trinajstić information content (AvgIpc) is 2.99. The van der Waals surface area contributed by atoms with Gasteiger partial charge in [0.2, 0.25) is 0 Å². The van der Waals surface area contributed by atoms with Crippen molar-refractivity contribution < 1.29 is 4.74 Å². The number of rotatable bonds is 7. The van der Waals surface area contributed by atoms with Crippen LogP contribution in [0.1, 0.15) is 40.0 Å². The van der Waals surface area contributed by atoms with Crippen LogP contribution >= 0.6 is 0 Å². The monoisotopic (exact) mass is 344 g/mol. The number of nitrogens with one attached hydrogen (secondary N) is 1. The molecule has 0 unspecified atom stereocenters. The molecule has 3 aromatic heterocycles. The lowest BCUT2D eigenvalue weighted by Gasteiger charge is -2.10. The number of hydrogen-bond acceptors (Lipinski definition) is 4. The van der Waals surface area contributed by atoms with E-state index >= 15 is 0 Å². The van der Waals surface area contributed by atoms with Crippen molar-refractivity contribution in [1.82, 2.24) is 19.1 Å². The molecule has 134 valence electrons. The van der Waals surface area contributed by atoms with E-state index < -0.39 is 0 Å². The van der Waals surface area contributed by atoms with Gasteiger partial charge in [0.1, 0.15) is 22.3 Å². The minimum atomic E-state index is -0.289. The number of fused-ring (bicyclic) bond motifs is 3. The largest absolute Gasteiger partial charge is 0.492 e. The van der Waals surface area contributed by atoms with Gasteiger partial charge in [-0.1, -0.05) is 20.8 Å². The van der Waals surface area contributed by atoms with Crippen molar-refractivity contribution in [2.45, 2.75) is 53.1 Å². The van der Waals surface area contributed by atoms with Crippen LogP contribution in [0.15, 0.2) is 21.9 Å². The Bertz CT molecular complexity index is 1010. The Morgan fingerprint density at radius 2 is 1.80 bits per heavy atom. The van der Waals surface area contributed by atoms with Gasteiger partial charge in [0.25, 0.3) is 5.56 Å². The Kier molecular flexibility index (Phi) is 4.92. The van der Waals surface area contributed by atoms with Gasteiger partial charge < -0.3 is 9.72 Å². The van der Waals surface area contributed by atoms with Crippen LogP contribution in [0.4, 0.5) is 0 Å². The molecular weight excluding hydrogens is 320 g/mol. The molecule has 3 aromatic rings. The quantitative estimate of drug-likeness (QED) is 0.714. The third-order valence-corrected chi connectivity index (χ3v) is 4.14. The van der Waals surface area contributed by atoms with Gasteiger partial charge in [0, 0.05) is 19.2 Å². The number of aryl methyl sites for hydroxylation is 1. The lowest BCUT2D eigenvalue weighted by molar-refractivity contribution is 0.317. The molecule has 0 radical (unpaired) electrons. The number of aromatic amines is 1. The number of pyridine rings is 1. The zero-order valence-corrected chi connectivity index (χ0v) is 15.0. The first-order valence-corrected chi connectivity index (χ1v) is 8.90. The summed E-state index contributed by atoms with van der Waals surface area (Å²) in [5, 5.41) is 0. The summed E-state index contributed by atoms with van der Waals surface area (Å²) >= 11 is 0. The molecule has 0 spiro atoms. The molecule has 0 saturated heterocycles. The van der Waals surface area contributed by atoms with Crippen LogP contribution < -0.4 is 16.0 Å². The van der Waals surface area contributed by atoms with Crippen molar-refractivity contribution in [3.8, 4) is 5.75 Å². The predicted octanol–water partition coefficient (Wildman–Crippen LogP) is 2.65. The first-order chi connectivity index (χ1) is 12.1. The smallest absolute Gasteiger partial charge is 0.331 e. The van der Waals surface area contributed by atoms with Crippen molar-refractivity contribution in [2.24, 2.45) is 0 Å². The third-order valence-electron chi connectivity index (χ3n) is 4.14. The summed E-state index contributed by atoms with van der Waals surface area (Å²) in [5.41, 5.74) is 1.79. The molecule has 0 fully saturated rings. The number of H-pyrrole nitrogens is 1. The molecule has 7 heteroatoms. The molecular formula is C18H24N4O3. The molecule has 0 saturated carbocycles. The average molecular weight is 344 g/mol. The van der Waals surface area contributed by atoms with Crippen LogP contribution in [0.5, 0.6) is 5.75 Å². The summed E-state index contributed by atoms with van der Waals surface area (Å²) in [4.78, 5) is 33.2. The highest BCUT2D eigenvalue weighted by Crippen LogP contribution is 2.24. The summed E-state index contributed by atoms with van der Waals surface area (Å²) in [7, 11) is 0. The van der Waals surface area contributed by atoms with E-state index in [0.29, 0.717) is 47.5 Å². The molecule has 25 heavy (non-hydrogen) atoms. The first kappa shape index (κ1) is 17.3. The van der Waals surface area contributed by atoms with E-state index in [-0.39, 0.29) is 11.2 Å². The Balaban J connectivity index is 2.33. The highest BCUT2D eigenvalue weighted by molar-refractivity contribution is 6.02. The SMILES string of the molecule is CCCOc1cnc2c(c1)[nH]c1c(=O)n(CCC)c(=O)n(CCC)c12. The molecule has 3 heterocycles. The van der Waals surface area contributed by atoms with Gasteiger partial charge in [0.05, 0.1) is 18.3 Å². The van der Waals surface area contributed by atoms with Crippen LogP contribution in [0.2, 0.25) is 0 Å². The Labute approximate surface area is 145 Å². The normalized spacial score (nSPS) is 11.5. The van der Waals surface area contributed by atoms with Crippen LogP contribution in [0, 0.1) is 0 Å². The fraction of sp³-hybridized carbons (Fsp3) is 0.500. The van der Waals surface area contributed by atoms with Crippen LogP contribution in [0.25, 0.3) is 22.1 Å². The van der Waals surface area contributed by atoms with Crippen molar-refractivity contribution in [1.29, 1.82) is 0 Å². The molecule has 0 atom stereocenters. The summed E-state index contributed by atoms with van der Waals surface area (Å²) in [6.07, 6.45) is 4.07. The molecule has 7 nitrogen and oxygen atoms in total. The Hall–Kier alpha value is -2.57. The zero-order valence-electron chi connectivity index (χ0n) is 15.0. The van der Waals surface area contributed by atoms with Gasteiger partial charge in [0.15, 0.2) is 0 Å². The third kappa shape index (κ3) is 2.94. The molecule has 0 bridgehead atoms. The number of nitrogens with zero attached hydrogens (tertiary/aromatic N) is 3. The van der Waals surface area contributed by atoms with Gasteiger partial charge in [-0.3, -0.25) is 13.9 Å². The topological polar surface area (TPSA) is 81.9 Å². The minimum Gasteiger partial charge on any atom is -0.492 e. The van der Waals surface area contributed by atoms with E-state index in [1.165, 1.54) is 4.57 Å². The van der Waals surface area contributed by atoms with Gasteiger partial charge in [-0.05, 0) is 19.3 Å². The van der Waals surface area contributed by atoms with Crippen molar-refractivity contribution in [2.75, 3.05) is 6.61 Å². The lowest BCUT2D eigenvalue weighted by Crippen LogP contribution is -2.40. The maximum absolute atomic E-state index is 12.8. The Morgan fingerprint density at radius 3 is 2.48 bits per heavy atom. The van der Waals surface area contributed by atoms with Crippen LogP contribution in [0.3, 0.4) is 0 Å². The molecule has 0 amide bonds. The predicted molar refractivity (Wildman–Crippen MR) is 98.5 cm³/mol. The van der Waals surface area contributed by atoms with E-state index in [4.69, 9.17) is 4.74 Å². The number of ether oxygens (including phenoxy) is 1. The van der Waals surface area contributed by atoms with E-state index in [9.17, 15) is 9.59 Å². The zero-order chi connectivity index (χ0) is 18.0. The summed E-state index contributed by atoms with van der Waals surface area (Å²) in [6, 6.07) is 1.84. The van der Waals surface area contributed by atoms with E-state index in [2.05, 4.69) is 9.97 Å². The summed E-state index contributed by atoms with van der Waals surface area (Å²) in [6.45, 7) is 7.55. The van der Waals surface area contributed by atoms with Gasteiger partial charge >= 0.3 is 5.69 Å². The summed E-state index contributed by atoms with van der Waals surface area (Å²) in [5.74, 6) is 0.652. The maximum atomic E-state index is 12.8. The van der Waals surface area contributed by atoms with E-state index in [0.717, 1.165) is 19.3 Å². The molecule has 0 aliphatic rings. The molecule has 0 aliphatic heterocycles. The fourth-order valence-corrected chi connectivity index (χ4v) is 3.07. The molecule has 0 aromatic carbocycles. The van der Waals surface area contributed by atoms with Gasteiger partial charge in [-0.15, -0.1) is 0 Å². The van der Waals surface area contributed by atoms with E-state index in [1.807, 2.05) is 26.8 Å². The molecule has 0 aliphatic carbocycles. The minimum absolute atomic E-state index is 0.268. The number of aromatic nitrogens is 4. The second-order valence-electron chi connectivity index (χ2n) is 6.16. The van der Waals surface area contributed by atoms with Crippen molar-refractivity contribution >= 4 is 22.1 Å². The highest BCUT2D eigenvalue weighted by atomic mass is 16.5. The van der Waals surface area contributed by atoms with Crippen molar-refractivity contribution in [3.05, 3.63) is 33.1 Å². The van der Waals surface area contributed by atoms with Gasteiger partial charge in [-0.2, -0.15) is 0 Å². The second kappa shape index (κ2) is 7.13. The molecule has 1 N–H and O–H groups in total. The molecule has 3 rings (SSSR count). The standard InChI is InChI=1S/C18H24N4O3/c1-4-7-21-16-14-13(10-12(11-19-14)25-9-6-3)20-15(16)17(23)22(8-5-2)18(21)24/h10-11,20H,4-9H2,1-3H3. The highest BCUT2D eigenvalue weighted by Gasteiger charge is 2.18. The number of hydrogen-bond donors (Lipinski definition) is 1. The maximum Gasteiger partial charge on any atom is 0.331 e. The second-order valence-corrected chi connectivity index (χ2v) is 6.16. The Morgan fingerprint density at radius 1 is 1.08 bits per heavy atom. The van der Waals surface area contributed by atoms with Crippen LogP contribution in [-0.4, -0.2) is 25.7 Å². The van der Waals surface area contributed by atoms with E-state index in [1.54, 1.807) is 10.8 Å². The van der Waals surface area contributed by atoms with Gasteiger partial charge in [-0.25, -0.2) is 9.78 Å². The summed E-state index contributed by atoms with van der Waals surface area (Å²) < 4.78 is 8.58. The fourth-order valence-electron chi connectivity index (χ4n) is 3.07. The first-order valence-electron chi connectivity index (χ1n) is 8.90. The lowest BCUT2D eigenvalue weighted by atomic mass is 10.3. The van der Waals surface area contributed by atoms with Crippen LogP contribution in [-0.2, 0) is 13.1 Å².